The van der Waals surface area contributed by atoms with Crippen LogP contribution in [-0.2, 0) is 12.7 Å². The molecule has 21 heavy (non-hydrogen) atoms. The Bertz CT molecular complexity index is 608. The van der Waals surface area contributed by atoms with Crippen LogP contribution >= 0.6 is 0 Å². The maximum absolute atomic E-state index is 13.0. The quantitative estimate of drug-likeness (QED) is 0.833. The van der Waals surface area contributed by atoms with Gasteiger partial charge in [-0.25, -0.2) is 0 Å². The number of anilines is 1. The summed E-state index contributed by atoms with van der Waals surface area (Å²) < 4.78 is 39.1. The standard InChI is InChI=1S/C14H16F3N3O/c1-2-4-10-5-3-6-11(7-10)12-8-13(18-9-21)19-20(12)14(15,16)17/h3,5-8,21H,2,4,9H2,1H3,(H,18,19). The highest BCUT2D eigenvalue weighted by molar-refractivity contribution is 5.64. The Hall–Kier alpha value is -2.02. The van der Waals surface area contributed by atoms with E-state index in [1.807, 2.05) is 13.0 Å². The highest BCUT2D eigenvalue weighted by Gasteiger charge is 2.35. The molecule has 0 aliphatic carbocycles. The first-order chi connectivity index (χ1) is 9.95. The van der Waals surface area contributed by atoms with Crippen molar-refractivity contribution < 1.29 is 18.3 Å². The molecule has 0 unspecified atom stereocenters. The Morgan fingerprint density at radius 2 is 2.05 bits per heavy atom. The molecule has 1 aromatic carbocycles. The molecule has 0 atom stereocenters. The maximum Gasteiger partial charge on any atom is 0.505 e. The van der Waals surface area contributed by atoms with E-state index in [0.717, 1.165) is 18.4 Å². The van der Waals surface area contributed by atoms with Crippen LogP contribution in [0.3, 0.4) is 0 Å². The lowest BCUT2D eigenvalue weighted by molar-refractivity contribution is -0.210. The second-order valence-electron chi connectivity index (χ2n) is 4.58. The number of alkyl halides is 3. The number of hydrogen-bond donors (Lipinski definition) is 2. The van der Waals surface area contributed by atoms with Crippen LogP contribution in [0.15, 0.2) is 30.3 Å². The first-order valence-electron chi connectivity index (χ1n) is 6.57. The molecule has 0 bridgehead atoms. The lowest BCUT2D eigenvalue weighted by atomic mass is 10.0. The van der Waals surface area contributed by atoms with Crippen LogP contribution in [0, 0.1) is 0 Å². The number of rotatable bonds is 5. The number of benzene rings is 1. The van der Waals surface area contributed by atoms with E-state index in [1.54, 1.807) is 18.2 Å². The van der Waals surface area contributed by atoms with Crippen LogP contribution in [0.1, 0.15) is 18.9 Å². The summed E-state index contributed by atoms with van der Waals surface area (Å²) in [4.78, 5) is 0. The van der Waals surface area contributed by atoms with Gasteiger partial charge in [0.05, 0.1) is 5.69 Å². The van der Waals surface area contributed by atoms with Crippen molar-refractivity contribution in [1.82, 2.24) is 9.78 Å². The Labute approximate surface area is 120 Å². The summed E-state index contributed by atoms with van der Waals surface area (Å²) in [7, 11) is 0. The van der Waals surface area contributed by atoms with Gasteiger partial charge in [-0.2, -0.15) is 4.68 Å². The molecular weight excluding hydrogens is 283 g/mol. The summed E-state index contributed by atoms with van der Waals surface area (Å²) in [5.74, 6) is -0.0225. The molecule has 7 heteroatoms. The SMILES string of the molecule is CCCc1cccc(-c2cc(NCO)nn2C(F)(F)F)c1. The smallest absolute Gasteiger partial charge is 0.377 e. The van der Waals surface area contributed by atoms with Gasteiger partial charge in [0, 0.05) is 11.6 Å². The summed E-state index contributed by atoms with van der Waals surface area (Å²) in [6, 6.07) is 8.22. The number of nitrogens with zero attached hydrogens (tertiary/aromatic N) is 2. The molecule has 0 aliphatic heterocycles. The third kappa shape index (κ3) is 3.55. The molecule has 1 heterocycles. The molecule has 4 nitrogen and oxygen atoms in total. The summed E-state index contributed by atoms with van der Waals surface area (Å²) in [5, 5.41) is 14.6. The highest BCUT2D eigenvalue weighted by Crippen LogP contribution is 2.32. The van der Waals surface area contributed by atoms with E-state index in [4.69, 9.17) is 5.11 Å². The van der Waals surface area contributed by atoms with Gasteiger partial charge in [-0.1, -0.05) is 31.5 Å². The van der Waals surface area contributed by atoms with Crippen LogP contribution in [0.5, 0.6) is 0 Å². The topological polar surface area (TPSA) is 50.1 Å². The van der Waals surface area contributed by atoms with Crippen molar-refractivity contribution in [3.05, 3.63) is 35.9 Å². The van der Waals surface area contributed by atoms with Crippen LogP contribution in [0.2, 0.25) is 0 Å². The number of hydrogen-bond acceptors (Lipinski definition) is 3. The first-order valence-corrected chi connectivity index (χ1v) is 6.57. The molecule has 0 radical (unpaired) electrons. The van der Waals surface area contributed by atoms with Gasteiger partial charge in [0.2, 0.25) is 0 Å². The highest BCUT2D eigenvalue weighted by atomic mass is 19.4. The average Bonchev–Trinajstić information content (AvgIpc) is 2.84. The van der Waals surface area contributed by atoms with E-state index in [-0.39, 0.29) is 16.2 Å². The minimum Gasteiger partial charge on any atom is -0.377 e. The van der Waals surface area contributed by atoms with E-state index in [0.29, 0.717) is 5.56 Å². The zero-order chi connectivity index (χ0) is 15.5. The van der Waals surface area contributed by atoms with E-state index >= 15 is 0 Å². The number of aryl methyl sites for hydroxylation is 1. The Balaban J connectivity index is 2.48. The summed E-state index contributed by atoms with van der Waals surface area (Å²) in [6.45, 7) is 1.53. The van der Waals surface area contributed by atoms with Gasteiger partial charge in [-0.15, -0.1) is 18.3 Å². The third-order valence-electron chi connectivity index (χ3n) is 2.97. The predicted octanol–water partition coefficient (Wildman–Crippen LogP) is 3.34. The minimum absolute atomic E-state index is 0.00997. The van der Waals surface area contributed by atoms with Gasteiger partial charge in [0.15, 0.2) is 5.82 Å². The van der Waals surface area contributed by atoms with E-state index in [2.05, 4.69) is 10.4 Å². The maximum atomic E-state index is 13.0. The van der Waals surface area contributed by atoms with Crippen LogP contribution in [0.4, 0.5) is 19.0 Å². The Morgan fingerprint density at radius 3 is 2.67 bits per heavy atom. The fraction of sp³-hybridized carbons (Fsp3) is 0.357. The normalized spacial score (nSPS) is 11.7. The van der Waals surface area contributed by atoms with Crippen molar-refractivity contribution in [1.29, 1.82) is 0 Å². The zero-order valence-corrected chi connectivity index (χ0v) is 11.5. The van der Waals surface area contributed by atoms with Crippen molar-refractivity contribution >= 4 is 5.82 Å². The molecule has 0 saturated carbocycles. The van der Waals surface area contributed by atoms with Crippen LogP contribution in [-0.4, -0.2) is 21.6 Å². The lowest BCUT2D eigenvalue weighted by Gasteiger charge is -2.11. The van der Waals surface area contributed by atoms with Crippen LogP contribution in [0.25, 0.3) is 11.3 Å². The fourth-order valence-corrected chi connectivity index (χ4v) is 2.12. The van der Waals surface area contributed by atoms with Crippen molar-refractivity contribution in [2.45, 2.75) is 26.1 Å². The van der Waals surface area contributed by atoms with Gasteiger partial charge in [0.25, 0.3) is 0 Å². The predicted molar refractivity (Wildman–Crippen MR) is 73.7 cm³/mol. The van der Waals surface area contributed by atoms with E-state index in [9.17, 15) is 13.2 Å². The zero-order valence-electron chi connectivity index (χ0n) is 11.5. The van der Waals surface area contributed by atoms with Gasteiger partial charge in [0.1, 0.15) is 6.73 Å². The molecule has 0 fully saturated rings. The summed E-state index contributed by atoms with van der Waals surface area (Å²) in [6.07, 6.45) is -2.90. The minimum atomic E-state index is -4.62. The molecule has 114 valence electrons. The first kappa shape index (κ1) is 15.4. The molecule has 2 N–H and O–H groups in total. The molecule has 2 rings (SSSR count). The molecule has 0 saturated heterocycles. The Morgan fingerprint density at radius 1 is 1.29 bits per heavy atom. The molecule has 0 aliphatic rings. The van der Waals surface area contributed by atoms with E-state index in [1.165, 1.54) is 6.07 Å². The lowest BCUT2D eigenvalue weighted by Crippen LogP contribution is -2.19. The van der Waals surface area contributed by atoms with Crippen molar-refractivity contribution in [3.63, 3.8) is 0 Å². The number of aromatic nitrogens is 2. The van der Waals surface area contributed by atoms with Gasteiger partial charge in [-0.3, -0.25) is 0 Å². The largest absolute Gasteiger partial charge is 0.505 e. The number of nitrogens with one attached hydrogen (secondary N) is 1. The monoisotopic (exact) mass is 299 g/mol. The second kappa shape index (κ2) is 6.17. The van der Waals surface area contributed by atoms with E-state index < -0.39 is 13.0 Å². The van der Waals surface area contributed by atoms with Gasteiger partial charge in [-0.05, 0) is 18.1 Å². The fourth-order valence-electron chi connectivity index (χ4n) is 2.12. The van der Waals surface area contributed by atoms with Crippen molar-refractivity contribution in [3.8, 4) is 11.3 Å². The second-order valence-corrected chi connectivity index (χ2v) is 4.58. The third-order valence-corrected chi connectivity index (χ3v) is 2.97. The number of aliphatic hydroxyl groups excluding tert-OH is 1. The molecule has 0 amide bonds. The molecule has 0 spiro atoms. The van der Waals surface area contributed by atoms with Crippen LogP contribution < -0.4 is 5.32 Å². The van der Waals surface area contributed by atoms with Crippen molar-refractivity contribution in [2.24, 2.45) is 0 Å². The van der Waals surface area contributed by atoms with Gasteiger partial charge >= 0.3 is 6.30 Å². The molecule has 1 aromatic heterocycles. The number of halogens is 3. The average molecular weight is 299 g/mol. The molecular formula is C14H16F3N3O. The number of aliphatic hydroxyl groups is 1. The summed E-state index contributed by atoms with van der Waals surface area (Å²) in [5.41, 5.74) is 1.36. The van der Waals surface area contributed by atoms with Crippen molar-refractivity contribution in [2.75, 3.05) is 12.0 Å². The van der Waals surface area contributed by atoms with Gasteiger partial charge < -0.3 is 10.4 Å². The Kier molecular flexibility index (Phi) is 4.52. The summed E-state index contributed by atoms with van der Waals surface area (Å²) >= 11 is 0. The molecule has 2 aromatic rings.